The van der Waals surface area contributed by atoms with Gasteiger partial charge in [0, 0.05) is 17.2 Å². The van der Waals surface area contributed by atoms with Gasteiger partial charge >= 0.3 is 0 Å². The third kappa shape index (κ3) is 2.87. The molecule has 2 aromatic rings. The van der Waals surface area contributed by atoms with Gasteiger partial charge in [0.2, 0.25) is 6.17 Å². The van der Waals surface area contributed by atoms with Crippen LogP contribution in [0.15, 0.2) is 53.5 Å². The molecule has 1 aliphatic carbocycles. The fourth-order valence-electron chi connectivity index (χ4n) is 4.58. The Labute approximate surface area is 168 Å². The summed E-state index contributed by atoms with van der Waals surface area (Å²) in [6.45, 7) is 0. The highest BCUT2D eigenvalue weighted by atomic mass is 16.2. The lowest BCUT2D eigenvalue weighted by molar-refractivity contribution is -0.119. The topological polar surface area (TPSA) is 78.8 Å². The molecule has 0 saturated heterocycles. The molecule has 1 fully saturated rings. The number of nitrogens with one attached hydrogen (secondary N) is 1. The maximum absolute atomic E-state index is 13.1. The van der Waals surface area contributed by atoms with Crippen LogP contribution < -0.4 is 5.32 Å². The number of hydrogen-bond acceptors (Lipinski definition) is 4. The first-order chi connectivity index (χ1) is 14.1. The molecule has 5 rings (SSSR count). The van der Waals surface area contributed by atoms with Crippen LogP contribution in [-0.2, 0) is 4.79 Å². The lowest BCUT2D eigenvalue weighted by atomic mass is 9.83. The Morgan fingerprint density at radius 3 is 2.03 bits per heavy atom. The zero-order valence-electron chi connectivity index (χ0n) is 15.9. The molecular weight excluding hydrogens is 366 g/mol. The van der Waals surface area contributed by atoms with Crippen molar-refractivity contribution in [1.82, 2.24) is 4.90 Å². The minimum atomic E-state index is -1.20. The lowest BCUT2D eigenvalue weighted by Gasteiger charge is -2.25. The van der Waals surface area contributed by atoms with Gasteiger partial charge in [-0.1, -0.05) is 49.6 Å². The molecule has 1 N–H and O–H groups in total. The predicted molar refractivity (Wildman–Crippen MR) is 109 cm³/mol. The molecule has 2 aliphatic heterocycles. The molecule has 146 valence electrons. The van der Waals surface area contributed by atoms with Crippen molar-refractivity contribution in [1.29, 1.82) is 0 Å². The van der Waals surface area contributed by atoms with Crippen LogP contribution in [0.3, 0.4) is 0 Å². The number of fused-ring (bicyclic) bond motifs is 2. The van der Waals surface area contributed by atoms with Gasteiger partial charge in [-0.2, -0.15) is 0 Å². The van der Waals surface area contributed by atoms with Crippen molar-refractivity contribution in [2.45, 2.75) is 38.3 Å². The van der Waals surface area contributed by atoms with Crippen molar-refractivity contribution in [3.05, 3.63) is 65.2 Å². The smallest absolute Gasteiger partial charge is 0.270 e. The van der Waals surface area contributed by atoms with Gasteiger partial charge in [0.15, 0.2) is 0 Å². The minimum absolute atomic E-state index is 0.218. The summed E-state index contributed by atoms with van der Waals surface area (Å²) in [5.74, 6) is -1.18. The Morgan fingerprint density at radius 1 is 0.793 bits per heavy atom. The Hall–Kier alpha value is -3.28. The molecule has 0 bridgehead atoms. The van der Waals surface area contributed by atoms with Crippen molar-refractivity contribution in [3.63, 3.8) is 0 Å². The minimum Gasteiger partial charge on any atom is -0.322 e. The first-order valence-electron chi connectivity index (χ1n) is 10.1. The number of hydrogen-bond donors (Lipinski definition) is 1. The summed E-state index contributed by atoms with van der Waals surface area (Å²) < 4.78 is 0. The second-order valence-electron chi connectivity index (χ2n) is 7.78. The highest BCUT2D eigenvalue weighted by Gasteiger charge is 2.44. The van der Waals surface area contributed by atoms with Crippen LogP contribution in [0, 0.1) is 5.92 Å². The number of para-hydroxylation sites is 1. The first kappa shape index (κ1) is 17.8. The molecule has 1 atom stereocenters. The average Bonchev–Trinajstić information content (AvgIpc) is 2.91. The number of nitrogens with zero attached hydrogens (tertiary/aromatic N) is 2. The lowest BCUT2D eigenvalue weighted by Crippen LogP contribution is -2.46. The second kappa shape index (κ2) is 6.95. The van der Waals surface area contributed by atoms with E-state index < -0.39 is 23.9 Å². The van der Waals surface area contributed by atoms with Gasteiger partial charge in [0.1, 0.15) is 0 Å². The van der Waals surface area contributed by atoms with Crippen LogP contribution in [0.25, 0.3) is 0 Å². The molecule has 3 amide bonds. The van der Waals surface area contributed by atoms with Gasteiger partial charge in [0.25, 0.3) is 17.7 Å². The monoisotopic (exact) mass is 387 g/mol. The summed E-state index contributed by atoms with van der Waals surface area (Å²) in [6, 6.07) is 14.2. The number of aliphatic imine (C=N–C) groups is 1. The van der Waals surface area contributed by atoms with Crippen molar-refractivity contribution >= 4 is 29.1 Å². The van der Waals surface area contributed by atoms with Crippen LogP contribution in [0.2, 0.25) is 0 Å². The molecule has 1 unspecified atom stereocenters. The predicted octanol–water partition coefficient (Wildman–Crippen LogP) is 3.63. The number of imide groups is 1. The Bertz CT molecular complexity index is 1020. The Balaban J connectivity index is 1.61. The standard InChI is InChI=1S/C23H21N3O3/c27-21-20(26-22(28)15-10-4-5-11-16(15)23(26)29)25-19(14-8-2-1-3-9-14)17-12-6-7-13-18(17)24-21/h4-7,10-14,20H,1-3,8-9H2,(H,24,27). The van der Waals surface area contributed by atoms with Crippen LogP contribution >= 0.6 is 0 Å². The third-order valence-corrected chi connectivity index (χ3v) is 6.02. The number of rotatable bonds is 2. The second-order valence-corrected chi connectivity index (χ2v) is 7.78. The van der Waals surface area contributed by atoms with E-state index in [2.05, 4.69) is 5.32 Å². The van der Waals surface area contributed by atoms with Crippen LogP contribution in [-0.4, -0.2) is 34.5 Å². The number of amides is 3. The van der Waals surface area contributed by atoms with E-state index in [0.717, 1.165) is 41.9 Å². The van der Waals surface area contributed by atoms with E-state index in [1.807, 2.05) is 24.3 Å². The zero-order valence-corrected chi connectivity index (χ0v) is 15.9. The van der Waals surface area contributed by atoms with E-state index in [1.54, 1.807) is 24.3 Å². The van der Waals surface area contributed by atoms with E-state index in [1.165, 1.54) is 6.42 Å². The van der Waals surface area contributed by atoms with Crippen molar-refractivity contribution in [2.24, 2.45) is 10.9 Å². The largest absolute Gasteiger partial charge is 0.322 e. The SMILES string of the molecule is O=C1Nc2ccccc2C(C2CCCCC2)=NC1N1C(=O)c2ccccc2C1=O. The highest BCUT2D eigenvalue weighted by molar-refractivity contribution is 6.24. The molecule has 0 radical (unpaired) electrons. The normalized spacial score (nSPS) is 21.9. The quantitative estimate of drug-likeness (QED) is 0.799. The molecule has 6 nitrogen and oxygen atoms in total. The number of carbonyl (C=O) groups is 3. The van der Waals surface area contributed by atoms with Crippen LogP contribution in [0.5, 0.6) is 0 Å². The molecule has 6 heteroatoms. The molecule has 3 aliphatic rings. The van der Waals surface area contributed by atoms with E-state index in [-0.39, 0.29) is 5.92 Å². The summed E-state index contributed by atoms with van der Waals surface area (Å²) in [6.07, 6.45) is 4.22. The highest BCUT2D eigenvalue weighted by Crippen LogP contribution is 2.34. The molecule has 2 aromatic carbocycles. The molecule has 29 heavy (non-hydrogen) atoms. The van der Waals surface area contributed by atoms with Crippen LogP contribution in [0.4, 0.5) is 5.69 Å². The fraction of sp³-hybridized carbons (Fsp3) is 0.304. The average molecular weight is 387 g/mol. The molecule has 2 heterocycles. The zero-order chi connectivity index (χ0) is 20.0. The summed E-state index contributed by atoms with van der Waals surface area (Å²) in [4.78, 5) is 44.8. The maximum Gasteiger partial charge on any atom is 0.270 e. The number of benzene rings is 2. The van der Waals surface area contributed by atoms with E-state index >= 15 is 0 Å². The van der Waals surface area contributed by atoms with Gasteiger partial charge in [0.05, 0.1) is 16.8 Å². The molecule has 1 saturated carbocycles. The molecular formula is C23H21N3O3. The third-order valence-electron chi connectivity index (χ3n) is 6.02. The van der Waals surface area contributed by atoms with E-state index in [4.69, 9.17) is 4.99 Å². The van der Waals surface area contributed by atoms with E-state index in [0.29, 0.717) is 16.8 Å². The van der Waals surface area contributed by atoms with Crippen molar-refractivity contribution in [2.75, 3.05) is 5.32 Å². The van der Waals surface area contributed by atoms with Crippen LogP contribution in [0.1, 0.15) is 58.4 Å². The molecule has 0 aromatic heterocycles. The van der Waals surface area contributed by atoms with Gasteiger partial charge < -0.3 is 5.32 Å². The summed E-state index contributed by atoms with van der Waals surface area (Å²) in [7, 11) is 0. The fourth-order valence-corrected chi connectivity index (χ4v) is 4.58. The Kier molecular flexibility index (Phi) is 4.27. The first-order valence-corrected chi connectivity index (χ1v) is 10.1. The van der Waals surface area contributed by atoms with Crippen molar-refractivity contribution in [3.8, 4) is 0 Å². The maximum atomic E-state index is 13.1. The molecule has 0 spiro atoms. The summed E-state index contributed by atoms with van der Waals surface area (Å²) in [5.41, 5.74) is 3.02. The van der Waals surface area contributed by atoms with Gasteiger partial charge in [-0.05, 0) is 31.0 Å². The number of benzodiazepines with no additional fused rings is 1. The van der Waals surface area contributed by atoms with Gasteiger partial charge in [-0.25, -0.2) is 4.90 Å². The van der Waals surface area contributed by atoms with Gasteiger partial charge in [-0.15, -0.1) is 0 Å². The van der Waals surface area contributed by atoms with Crippen molar-refractivity contribution < 1.29 is 14.4 Å². The summed E-state index contributed by atoms with van der Waals surface area (Å²) in [5, 5.41) is 2.89. The Morgan fingerprint density at radius 2 is 1.38 bits per heavy atom. The number of carbonyl (C=O) groups excluding carboxylic acids is 3. The number of anilines is 1. The van der Waals surface area contributed by atoms with Gasteiger partial charge in [-0.3, -0.25) is 19.4 Å². The van der Waals surface area contributed by atoms with E-state index in [9.17, 15) is 14.4 Å². The summed E-state index contributed by atoms with van der Waals surface area (Å²) >= 11 is 0.